The highest BCUT2D eigenvalue weighted by atomic mass is 16.5. The van der Waals surface area contributed by atoms with Gasteiger partial charge < -0.3 is 20.7 Å². The topological polar surface area (TPSA) is 79.5 Å². The molecule has 6 nitrogen and oxygen atoms in total. The normalized spacial score (nSPS) is 10.8. The molecule has 2 aromatic carbocycles. The van der Waals surface area contributed by atoms with Gasteiger partial charge in [0.05, 0.1) is 13.7 Å². The highest BCUT2D eigenvalue weighted by Gasteiger charge is 2.21. The molecule has 0 radical (unpaired) electrons. The first-order chi connectivity index (χ1) is 12.3. The first-order valence-electron chi connectivity index (χ1n) is 8.37. The molecule has 0 unspecified atom stereocenters. The predicted molar refractivity (Wildman–Crippen MR) is 105 cm³/mol. The van der Waals surface area contributed by atoms with E-state index in [4.69, 9.17) is 4.74 Å². The fraction of sp³-hybridized carbons (Fsp3) is 0.300. The molecule has 0 aliphatic heterocycles. The number of carbonyl (C=O) groups is 2. The first kappa shape index (κ1) is 19.3. The Morgan fingerprint density at radius 1 is 0.923 bits per heavy atom. The van der Waals surface area contributed by atoms with Crippen LogP contribution in [0.2, 0.25) is 0 Å². The van der Waals surface area contributed by atoms with Crippen LogP contribution in [0.4, 0.5) is 17.1 Å². The van der Waals surface area contributed by atoms with Crippen LogP contribution < -0.4 is 20.7 Å². The van der Waals surface area contributed by atoms with Crippen LogP contribution in [0.3, 0.4) is 0 Å². The van der Waals surface area contributed by atoms with Crippen molar-refractivity contribution in [3.63, 3.8) is 0 Å². The number of anilines is 3. The van der Waals surface area contributed by atoms with E-state index in [1.54, 1.807) is 37.4 Å². The van der Waals surface area contributed by atoms with Crippen molar-refractivity contribution in [3.05, 3.63) is 48.5 Å². The standard InChI is InChI=1S/C20H25N3O3/c1-20(2,3)19(25)23-16-7-5-6-15(12-16)21-13-18(24)22-14-8-10-17(26-4)11-9-14/h5-12,21H,13H2,1-4H3,(H,22,24)(H,23,25). The number of nitrogens with one attached hydrogen (secondary N) is 3. The molecule has 0 saturated heterocycles. The zero-order valence-corrected chi connectivity index (χ0v) is 15.6. The van der Waals surface area contributed by atoms with E-state index in [0.29, 0.717) is 11.4 Å². The van der Waals surface area contributed by atoms with Crippen molar-refractivity contribution in [2.24, 2.45) is 5.41 Å². The number of hydrogen-bond donors (Lipinski definition) is 3. The molecule has 0 heterocycles. The third kappa shape index (κ3) is 5.81. The van der Waals surface area contributed by atoms with Gasteiger partial charge >= 0.3 is 0 Å². The molecule has 0 aromatic heterocycles. The molecule has 2 aromatic rings. The molecule has 138 valence electrons. The van der Waals surface area contributed by atoms with Crippen molar-refractivity contribution in [1.82, 2.24) is 0 Å². The Kier molecular flexibility index (Phi) is 6.22. The smallest absolute Gasteiger partial charge is 0.243 e. The maximum Gasteiger partial charge on any atom is 0.243 e. The summed E-state index contributed by atoms with van der Waals surface area (Å²) in [6.45, 7) is 5.68. The van der Waals surface area contributed by atoms with Crippen molar-refractivity contribution < 1.29 is 14.3 Å². The quantitative estimate of drug-likeness (QED) is 0.738. The van der Waals surface area contributed by atoms with E-state index >= 15 is 0 Å². The van der Waals surface area contributed by atoms with Gasteiger partial charge in [0.15, 0.2) is 0 Å². The number of carbonyl (C=O) groups excluding carboxylic acids is 2. The molecule has 0 atom stereocenters. The Labute approximate surface area is 153 Å². The van der Waals surface area contributed by atoms with Gasteiger partial charge in [0.2, 0.25) is 11.8 Å². The fourth-order valence-electron chi connectivity index (χ4n) is 2.09. The van der Waals surface area contributed by atoms with Crippen LogP contribution in [-0.4, -0.2) is 25.5 Å². The molecular weight excluding hydrogens is 330 g/mol. The van der Waals surface area contributed by atoms with E-state index in [2.05, 4.69) is 16.0 Å². The summed E-state index contributed by atoms with van der Waals surface area (Å²) in [6.07, 6.45) is 0. The summed E-state index contributed by atoms with van der Waals surface area (Å²) in [6, 6.07) is 14.4. The zero-order chi connectivity index (χ0) is 19.2. The van der Waals surface area contributed by atoms with E-state index < -0.39 is 5.41 Å². The van der Waals surface area contributed by atoms with Crippen molar-refractivity contribution in [3.8, 4) is 5.75 Å². The van der Waals surface area contributed by atoms with Gasteiger partial charge in [0.25, 0.3) is 0 Å². The van der Waals surface area contributed by atoms with Crippen molar-refractivity contribution in [1.29, 1.82) is 0 Å². The average Bonchev–Trinajstić information content (AvgIpc) is 2.60. The molecule has 0 aliphatic carbocycles. The molecule has 0 bridgehead atoms. The molecule has 3 N–H and O–H groups in total. The van der Waals surface area contributed by atoms with Crippen LogP contribution in [0.15, 0.2) is 48.5 Å². The fourth-order valence-corrected chi connectivity index (χ4v) is 2.09. The lowest BCUT2D eigenvalue weighted by molar-refractivity contribution is -0.123. The summed E-state index contributed by atoms with van der Waals surface area (Å²) < 4.78 is 5.08. The summed E-state index contributed by atoms with van der Waals surface area (Å²) in [5, 5.41) is 8.72. The van der Waals surface area contributed by atoms with E-state index in [1.165, 1.54) is 0 Å². The van der Waals surface area contributed by atoms with Gasteiger partial charge in [-0.2, -0.15) is 0 Å². The third-order valence-corrected chi connectivity index (χ3v) is 3.63. The van der Waals surface area contributed by atoms with Crippen LogP contribution in [-0.2, 0) is 9.59 Å². The highest BCUT2D eigenvalue weighted by Crippen LogP contribution is 2.20. The van der Waals surface area contributed by atoms with Crippen LogP contribution in [0.5, 0.6) is 5.75 Å². The highest BCUT2D eigenvalue weighted by molar-refractivity contribution is 5.95. The molecule has 0 aliphatic rings. The van der Waals surface area contributed by atoms with E-state index in [9.17, 15) is 9.59 Å². The predicted octanol–water partition coefficient (Wildman–Crippen LogP) is 3.73. The van der Waals surface area contributed by atoms with Gasteiger partial charge in [0.1, 0.15) is 5.75 Å². The maximum atomic E-state index is 12.1. The van der Waals surface area contributed by atoms with Crippen LogP contribution in [0.25, 0.3) is 0 Å². The molecule has 0 fully saturated rings. The Morgan fingerprint density at radius 2 is 1.58 bits per heavy atom. The number of methoxy groups -OCH3 is 1. The van der Waals surface area contributed by atoms with Gasteiger partial charge in [-0.05, 0) is 42.5 Å². The van der Waals surface area contributed by atoms with E-state index in [-0.39, 0.29) is 18.4 Å². The van der Waals surface area contributed by atoms with Crippen LogP contribution in [0, 0.1) is 5.41 Å². The van der Waals surface area contributed by atoms with E-state index in [0.717, 1.165) is 11.4 Å². The van der Waals surface area contributed by atoms with Gasteiger partial charge in [-0.15, -0.1) is 0 Å². The summed E-state index contributed by atoms with van der Waals surface area (Å²) in [7, 11) is 1.59. The van der Waals surface area contributed by atoms with Gasteiger partial charge in [-0.1, -0.05) is 26.8 Å². The largest absolute Gasteiger partial charge is 0.497 e. The molecule has 2 amide bonds. The van der Waals surface area contributed by atoms with Gasteiger partial charge in [0, 0.05) is 22.5 Å². The Balaban J connectivity index is 1.89. The Bertz CT molecular complexity index is 765. The molecule has 0 saturated carbocycles. The number of rotatable bonds is 6. The summed E-state index contributed by atoms with van der Waals surface area (Å²) in [5.74, 6) is 0.501. The lowest BCUT2D eigenvalue weighted by Crippen LogP contribution is -2.27. The number of hydrogen-bond acceptors (Lipinski definition) is 4. The monoisotopic (exact) mass is 355 g/mol. The lowest BCUT2D eigenvalue weighted by Gasteiger charge is -2.18. The third-order valence-electron chi connectivity index (χ3n) is 3.63. The Hall–Kier alpha value is -3.02. The molecular formula is C20H25N3O3. The van der Waals surface area contributed by atoms with Gasteiger partial charge in [-0.3, -0.25) is 9.59 Å². The second-order valence-electron chi connectivity index (χ2n) is 6.92. The molecule has 0 spiro atoms. The second kappa shape index (κ2) is 8.38. The number of amides is 2. The number of ether oxygens (including phenoxy) is 1. The van der Waals surface area contributed by atoms with Gasteiger partial charge in [-0.25, -0.2) is 0 Å². The van der Waals surface area contributed by atoms with E-state index in [1.807, 2.05) is 39.0 Å². The second-order valence-corrected chi connectivity index (χ2v) is 6.92. The first-order valence-corrected chi connectivity index (χ1v) is 8.37. The lowest BCUT2D eigenvalue weighted by atomic mass is 9.95. The SMILES string of the molecule is COc1ccc(NC(=O)CNc2cccc(NC(=O)C(C)(C)C)c2)cc1. The minimum absolute atomic E-state index is 0.0631. The number of benzene rings is 2. The summed E-state index contributed by atoms with van der Waals surface area (Å²) in [4.78, 5) is 24.1. The molecule has 2 rings (SSSR count). The summed E-state index contributed by atoms with van der Waals surface area (Å²) in [5.41, 5.74) is 1.66. The van der Waals surface area contributed by atoms with Crippen molar-refractivity contribution >= 4 is 28.9 Å². The average molecular weight is 355 g/mol. The minimum Gasteiger partial charge on any atom is -0.497 e. The summed E-state index contributed by atoms with van der Waals surface area (Å²) >= 11 is 0. The van der Waals surface area contributed by atoms with Crippen LogP contribution in [0.1, 0.15) is 20.8 Å². The van der Waals surface area contributed by atoms with Crippen molar-refractivity contribution in [2.45, 2.75) is 20.8 Å². The maximum absolute atomic E-state index is 12.1. The minimum atomic E-state index is -0.471. The van der Waals surface area contributed by atoms with Crippen LogP contribution >= 0.6 is 0 Å². The molecule has 26 heavy (non-hydrogen) atoms. The molecule has 6 heteroatoms. The van der Waals surface area contributed by atoms with Crippen molar-refractivity contribution in [2.75, 3.05) is 29.6 Å². The zero-order valence-electron chi connectivity index (χ0n) is 15.6. The Morgan fingerprint density at radius 3 is 2.19 bits per heavy atom.